The molecule has 0 saturated carbocycles. The molecule has 1 aliphatic rings. The molecule has 1 fully saturated rings. The van der Waals surface area contributed by atoms with Crippen molar-refractivity contribution in [2.24, 2.45) is 0 Å². The Morgan fingerprint density at radius 1 is 1.77 bits per heavy atom. The molecule has 0 spiro atoms. The second-order valence-electron chi connectivity index (χ2n) is 3.18. The van der Waals surface area contributed by atoms with Crippen LogP contribution in [-0.4, -0.2) is 22.5 Å². The maximum absolute atomic E-state index is 8.86. The van der Waals surface area contributed by atoms with Crippen LogP contribution in [0.4, 0.5) is 0 Å². The average molecular weight is 193 g/mol. The van der Waals surface area contributed by atoms with E-state index in [1.54, 1.807) is 11.3 Å². The zero-order valence-corrected chi connectivity index (χ0v) is 8.13. The molecule has 1 unspecified atom stereocenters. The molecular weight excluding hydrogens is 182 g/mol. The Morgan fingerprint density at radius 3 is 3.38 bits per heavy atom. The summed E-state index contributed by atoms with van der Waals surface area (Å²) in [6.45, 7) is 1.88. The van der Waals surface area contributed by atoms with Crippen LogP contribution in [0, 0.1) is 11.3 Å². The van der Waals surface area contributed by atoms with Crippen molar-refractivity contribution in [3.05, 3.63) is 16.6 Å². The van der Waals surface area contributed by atoms with Gasteiger partial charge < -0.3 is 0 Å². The normalized spacial score (nSPS) is 23.2. The van der Waals surface area contributed by atoms with Gasteiger partial charge >= 0.3 is 0 Å². The lowest BCUT2D eigenvalue weighted by Gasteiger charge is -2.16. The highest BCUT2D eigenvalue weighted by Crippen LogP contribution is 2.19. The standard InChI is InChI=1S/C9H11N3S/c10-6-8-2-1-4-12(8)7-9-11-3-5-13-9/h3,5,8H,1-2,4,7H2. The fourth-order valence-electron chi connectivity index (χ4n) is 1.67. The predicted molar refractivity (Wildman–Crippen MR) is 51.2 cm³/mol. The van der Waals surface area contributed by atoms with Crippen molar-refractivity contribution in [1.82, 2.24) is 9.88 Å². The van der Waals surface area contributed by atoms with Crippen molar-refractivity contribution in [3.8, 4) is 6.07 Å². The van der Waals surface area contributed by atoms with Gasteiger partial charge in [-0.05, 0) is 19.4 Å². The second kappa shape index (κ2) is 3.86. The molecular formula is C9H11N3S. The van der Waals surface area contributed by atoms with Crippen LogP contribution in [0.2, 0.25) is 0 Å². The summed E-state index contributed by atoms with van der Waals surface area (Å²) in [7, 11) is 0. The molecule has 0 aliphatic carbocycles. The molecule has 2 heterocycles. The molecule has 1 aromatic rings. The van der Waals surface area contributed by atoms with Crippen LogP contribution < -0.4 is 0 Å². The number of hydrogen-bond donors (Lipinski definition) is 0. The Morgan fingerprint density at radius 2 is 2.69 bits per heavy atom. The van der Waals surface area contributed by atoms with Gasteiger partial charge in [-0.15, -0.1) is 11.3 Å². The SMILES string of the molecule is N#CC1CCCN1Cc1nccs1. The zero-order chi connectivity index (χ0) is 9.10. The minimum absolute atomic E-state index is 0.115. The third-order valence-electron chi connectivity index (χ3n) is 2.33. The van der Waals surface area contributed by atoms with Crippen LogP contribution in [0.5, 0.6) is 0 Å². The van der Waals surface area contributed by atoms with Crippen molar-refractivity contribution in [2.45, 2.75) is 25.4 Å². The first kappa shape index (κ1) is 8.67. The second-order valence-corrected chi connectivity index (χ2v) is 4.16. The molecule has 1 atom stereocenters. The number of nitrogens with zero attached hydrogens (tertiary/aromatic N) is 3. The van der Waals surface area contributed by atoms with Crippen LogP contribution in [0.3, 0.4) is 0 Å². The number of rotatable bonds is 2. The largest absolute Gasteiger partial charge is 0.281 e. The van der Waals surface area contributed by atoms with Crippen molar-refractivity contribution in [1.29, 1.82) is 5.26 Å². The van der Waals surface area contributed by atoms with Gasteiger partial charge in [-0.25, -0.2) is 4.98 Å². The molecule has 4 heteroatoms. The third kappa shape index (κ3) is 1.87. The van der Waals surface area contributed by atoms with E-state index in [0.29, 0.717) is 0 Å². The highest BCUT2D eigenvalue weighted by Gasteiger charge is 2.24. The molecule has 0 radical (unpaired) electrons. The summed E-state index contributed by atoms with van der Waals surface area (Å²) in [4.78, 5) is 6.42. The van der Waals surface area contributed by atoms with Gasteiger partial charge in [0.15, 0.2) is 0 Å². The van der Waals surface area contributed by atoms with E-state index in [0.717, 1.165) is 30.9 Å². The summed E-state index contributed by atoms with van der Waals surface area (Å²) in [6, 6.07) is 2.44. The average Bonchev–Trinajstić information content (AvgIpc) is 2.76. The zero-order valence-electron chi connectivity index (χ0n) is 7.31. The van der Waals surface area contributed by atoms with Crippen LogP contribution in [-0.2, 0) is 6.54 Å². The van der Waals surface area contributed by atoms with E-state index in [1.807, 2.05) is 11.6 Å². The Labute approximate surface area is 81.6 Å². The maximum atomic E-state index is 8.86. The Hall–Kier alpha value is -0.920. The molecule has 0 bridgehead atoms. The van der Waals surface area contributed by atoms with Gasteiger partial charge in [0, 0.05) is 11.6 Å². The molecule has 2 rings (SSSR count). The molecule has 1 aromatic heterocycles. The smallest absolute Gasteiger partial charge is 0.107 e. The first-order chi connectivity index (χ1) is 6.40. The van der Waals surface area contributed by atoms with E-state index < -0.39 is 0 Å². The van der Waals surface area contributed by atoms with Crippen molar-refractivity contribution in [2.75, 3.05) is 6.54 Å². The molecule has 3 nitrogen and oxygen atoms in total. The quantitative estimate of drug-likeness (QED) is 0.716. The minimum Gasteiger partial charge on any atom is -0.281 e. The molecule has 0 aromatic carbocycles. The van der Waals surface area contributed by atoms with Gasteiger partial charge in [-0.2, -0.15) is 5.26 Å². The first-order valence-electron chi connectivity index (χ1n) is 4.42. The number of hydrogen-bond acceptors (Lipinski definition) is 4. The summed E-state index contributed by atoms with van der Waals surface area (Å²) >= 11 is 1.66. The predicted octanol–water partition coefficient (Wildman–Crippen LogP) is 1.63. The van der Waals surface area contributed by atoms with Gasteiger partial charge in [0.2, 0.25) is 0 Å². The molecule has 1 aliphatic heterocycles. The van der Waals surface area contributed by atoms with Gasteiger partial charge in [-0.1, -0.05) is 0 Å². The van der Waals surface area contributed by atoms with E-state index in [1.165, 1.54) is 0 Å². The van der Waals surface area contributed by atoms with E-state index in [-0.39, 0.29) is 6.04 Å². The lowest BCUT2D eigenvalue weighted by atomic mass is 10.2. The Balaban J connectivity index is 1.99. The Kier molecular flexibility index (Phi) is 2.57. The third-order valence-corrected chi connectivity index (χ3v) is 3.10. The summed E-state index contributed by atoms with van der Waals surface area (Å²) in [5, 5.41) is 11.9. The van der Waals surface area contributed by atoms with Crippen LogP contribution in [0.15, 0.2) is 11.6 Å². The van der Waals surface area contributed by atoms with Crippen LogP contribution in [0.1, 0.15) is 17.8 Å². The fourth-order valence-corrected chi connectivity index (χ4v) is 2.31. The molecule has 0 N–H and O–H groups in total. The van der Waals surface area contributed by atoms with E-state index in [9.17, 15) is 0 Å². The monoisotopic (exact) mass is 193 g/mol. The summed E-state index contributed by atoms with van der Waals surface area (Å²) < 4.78 is 0. The summed E-state index contributed by atoms with van der Waals surface area (Å²) in [5.41, 5.74) is 0. The lowest BCUT2D eigenvalue weighted by Crippen LogP contribution is -2.27. The van der Waals surface area contributed by atoms with E-state index in [2.05, 4.69) is 16.0 Å². The number of likely N-dealkylation sites (tertiary alicyclic amines) is 1. The van der Waals surface area contributed by atoms with Crippen LogP contribution >= 0.6 is 11.3 Å². The highest BCUT2D eigenvalue weighted by molar-refractivity contribution is 7.09. The summed E-state index contributed by atoms with van der Waals surface area (Å²) in [5.74, 6) is 0. The lowest BCUT2D eigenvalue weighted by molar-refractivity contribution is 0.286. The highest BCUT2D eigenvalue weighted by atomic mass is 32.1. The number of aromatic nitrogens is 1. The van der Waals surface area contributed by atoms with Crippen molar-refractivity contribution in [3.63, 3.8) is 0 Å². The fraction of sp³-hybridized carbons (Fsp3) is 0.556. The van der Waals surface area contributed by atoms with E-state index in [4.69, 9.17) is 5.26 Å². The first-order valence-corrected chi connectivity index (χ1v) is 5.30. The van der Waals surface area contributed by atoms with Crippen molar-refractivity contribution < 1.29 is 0 Å². The number of nitriles is 1. The molecule has 68 valence electrons. The number of thiazole rings is 1. The molecule has 1 saturated heterocycles. The maximum Gasteiger partial charge on any atom is 0.107 e. The van der Waals surface area contributed by atoms with Crippen LogP contribution in [0.25, 0.3) is 0 Å². The molecule has 13 heavy (non-hydrogen) atoms. The van der Waals surface area contributed by atoms with Gasteiger partial charge in [0.05, 0.1) is 18.7 Å². The topological polar surface area (TPSA) is 39.9 Å². The van der Waals surface area contributed by atoms with E-state index >= 15 is 0 Å². The summed E-state index contributed by atoms with van der Waals surface area (Å²) in [6.07, 6.45) is 3.98. The van der Waals surface area contributed by atoms with Crippen molar-refractivity contribution >= 4 is 11.3 Å². The minimum atomic E-state index is 0.115. The van der Waals surface area contributed by atoms with Gasteiger partial charge in [0.1, 0.15) is 5.01 Å². The Bertz CT molecular complexity index is 301. The van der Waals surface area contributed by atoms with Gasteiger partial charge in [0.25, 0.3) is 0 Å². The van der Waals surface area contributed by atoms with Gasteiger partial charge in [-0.3, -0.25) is 4.90 Å². The molecule has 0 amide bonds.